The third-order valence-electron chi connectivity index (χ3n) is 6.29. The molecule has 0 saturated heterocycles. The number of ether oxygens (including phenoxy) is 4. The fourth-order valence-corrected chi connectivity index (χ4v) is 4.59. The van der Waals surface area contributed by atoms with E-state index in [1.807, 2.05) is 0 Å². The minimum absolute atomic E-state index is 0.0378. The maximum atomic E-state index is 13.5. The summed E-state index contributed by atoms with van der Waals surface area (Å²) in [5, 5.41) is 11.2. The highest BCUT2D eigenvalue weighted by Crippen LogP contribution is 2.46. The van der Waals surface area contributed by atoms with Crippen molar-refractivity contribution in [3.8, 4) is 34.1 Å². The number of carbonyl (C=O) groups excluding carboxylic acids is 2. The van der Waals surface area contributed by atoms with Crippen molar-refractivity contribution in [1.29, 1.82) is 0 Å². The largest absolute Gasteiger partial charge is 0.507 e. The molecule has 3 aromatic carbocycles. The summed E-state index contributed by atoms with van der Waals surface area (Å²) in [7, 11) is 2.70. The molecule has 1 aliphatic heterocycles. The van der Waals surface area contributed by atoms with E-state index in [1.54, 1.807) is 42.5 Å². The Balaban J connectivity index is 1.64. The van der Waals surface area contributed by atoms with Gasteiger partial charge in [0.1, 0.15) is 28.7 Å². The van der Waals surface area contributed by atoms with E-state index in [0.29, 0.717) is 33.2 Å². The van der Waals surface area contributed by atoms with Crippen molar-refractivity contribution in [2.45, 2.75) is 12.3 Å². The van der Waals surface area contributed by atoms with Gasteiger partial charge in [0.25, 0.3) is 0 Å². The summed E-state index contributed by atoms with van der Waals surface area (Å²) in [6.07, 6.45) is 1.26. The molecule has 1 aromatic heterocycles. The van der Waals surface area contributed by atoms with E-state index < -0.39 is 23.3 Å². The molecule has 38 heavy (non-hydrogen) atoms. The van der Waals surface area contributed by atoms with Crippen LogP contribution in [0.5, 0.6) is 23.0 Å². The third kappa shape index (κ3) is 4.52. The van der Waals surface area contributed by atoms with E-state index >= 15 is 0 Å². The average molecular weight is 537 g/mol. The van der Waals surface area contributed by atoms with Crippen LogP contribution in [0.2, 0.25) is 5.02 Å². The number of aromatic hydroxyl groups is 1. The van der Waals surface area contributed by atoms with Crippen molar-refractivity contribution >= 4 is 34.5 Å². The summed E-state index contributed by atoms with van der Waals surface area (Å²) in [6, 6.07) is 12.9. The Labute approximate surface area is 221 Å². The number of methoxy groups -OCH3 is 2. The standard InChI is InChI=1S/C28H21ClO9/c1-34-21-9-15(5-8-20(21)36-13-24(32)35-2)17-10-23(31)38-22-11-19(30)26-27(33)18(12-37-28(26)25(17)22)14-3-6-16(29)7-4-14/h3-9,11-12,17,30H,10,13H2,1-2H3. The second kappa shape index (κ2) is 10.1. The van der Waals surface area contributed by atoms with Gasteiger partial charge in [-0.15, -0.1) is 0 Å². The topological polar surface area (TPSA) is 122 Å². The molecule has 0 amide bonds. The number of hydrogen-bond donors (Lipinski definition) is 1. The van der Waals surface area contributed by atoms with Gasteiger partial charge in [-0.3, -0.25) is 9.59 Å². The van der Waals surface area contributed by atoms with Crippen molar-refractivity contribution in [3.05, 3.63) is 81.2 Å². The van der Waals surface area contributed by atoms with Crippen molar-refractivity contribution in [1.82, 2.24) is 0 Å². The van der Waals surface area contributed by atoms with Gasteiger partial charge in [-0.25, -0.2) is 4.79 Å². The first-order valence-corrected chi connectivity index (χ1v) is 11.8. The lowest BCUT2D eigenvalue weighted by atomic mass is 9.84. The summed E-state index contributed by atoms with van der Waals surface area (Å²) < 4.78 is 26.9. The molecule has 0 saturated carbocycles. The number of benzene rings is 3. The number of phenols is 1. The fourth-order valence-electron chi connectivity index (χ4n) is 4.46. The zero-order chi connectivity index (χ0) is 27.0. The molecule has 0 spiro atoms. The lowest BCUT2D eigenvalue weighted by Gasteiger charge is -2.26. The van der Waals surface area contributed by atoms with Gasteiger partial charge in [0.05, 0.1) is 26.2 Å². The molecule has 5 rings (SSSR count). The maximum Gasteiger partial charge on any atom is 0.343 e. The molecular weight excluding hydrogens is 516 g/mol. The summed E-state index contributed by atoms with van der Waals surface area (Å²) >= 11 is 5.97. The molecule has 0 fully saturated rings. The quantitative estimate of drug-likeness (QED) is 0.273. The Kier molecular flexibility index (Phi) is 6.69. The van der Waals surface area contributed by atoms with Gasteiger partial charge < -0.3 is 28.5 Å². The third-order valence-corrected chi connectivity index (χ3v) is 6.54. The van der Waals surface area contributed by atoms with Gasteiger partial charge in [-0.1, -0.05) is 29.8 Å². The van der Waals surface area contributed by atoms with Gasteiger partial charge in [0.15, 0.2) is 18.1 Å². The van der Waals surface area contributed by atoms with Crippen LogP contribution in [-0.2, 0) is 14.3 Å². The Bertz CT molecular complexity index is 1620. The highest BCUT2D eigenvalue weighted by atomic mass is 35.5. The minimum Gasteiger partial charge on any atom is -0.507 e. The summed E-state index contributed by atoms with van der Waals surface area (Å²) in [5.41, 5.74) is 1.53. The van der Waals surface area contributed by atoms with Gasteiger partial charge in [-0.2, -0.15) is 0 Å². The second-order valence-electron chi connectivity index (χ2n) is 8.50. The lowest BCUT2D eigenvalue weighted by Crippen LogP contribution is -2.22. The molecule has 0 bridgehead atoms. The first-order chi connectivity index (χ1) is 18.3. The SMILES string of the molecule is COC(=O)COc1ccc(C2CC(=O)Oc3cc(O)c4c(=O)c(-c5ccc(Cl)cc5)coc4c32)cc1OC. The van der Waals surface area contributed by atoms with E-state index in [2.05, 4.69) is 4.74 Å². The van der Waals surface area contributed by atoms with E-state index in [0.717, 1.165) is 0 Å². The average Bonchev–Trinajstić information content (AvgIpc) is 2.91. The van der Waals surface area contributed by atoms with Crippen LogP contribution in [-0.4, -0.2) is 37.9 Å². The van der Waals surface area contributed by atoms with Crippen LogP contribution in [0.3, 0.4) is 0 Å². The predicted molar refractivity (Wildman–Crippen MR) is 137 cm³/mol. The van der Waals surface area contributed by atoms with E-state index in [1.165, 1.54) is 26.5 Å². The van der Waals surface area contributed by atoms with Gasteiger partial charge in [-0.05, 0) is 35.4 Å². The van der Waals surface area contributed by atoms with E-state index in [9.17, 15) is 19.5 Å². The Hall–Kier alpha value is -4.50. The molecule has 10 heteroatoms. The number of fused-ring (bicyclic) bond motifs is 3. The molecular formula is C28H21ClO9. The Morgan fingerprint density at radius 1 is 1.08 bits per heavy atom. The van der Waals surface area contributed by atoms with Crippen LogP contribution in [0.25, 0.3) is 22.1 Å². The maximum absolute atomic E-state index is 13.5. The fraction of sp³-hybridized carbons (Fsp3) is 0.179. The number of phenolic OH excluding ortho intramolecular Hbond substituents is 1. The molecule has 0 aliphatic carbocycles. The van der Waals surface area contributed by atoms with Crippen LogP contribution in [0, 0.1) is 0 Å². The van der Waals surface area contributed by atoms with Crippen LogP contribution >= 0.6 is 11.6 Å². The van der Waals surface area contributed by atoms with Crippen molar-refractivity contribution in [3.63, 3.8) is 0 Å². The summed E-state index contributed by atoms with van der Waals surface area (Å²) in [5.74, 6) is -1.34. The highest BCUT2D eigenvalue weighted by molar-refractivity contribution is 6.30. The van der Waals surface area contributed by atoms with E-state index in [4.69, 9.17) is 30.2 Å². The first kappa shape index (κ1) is 25.2. The normalized spacial score (nSPS) is 14.5. The number of carbonyl (C=O) groups is 2. The van der Waals surface area contributed by atoms with Crippen LogP contribution in [0.4, 0.5) is 0 Å². The first-order valence-electron chi connectivity index (χ1n) is 11.5. The number of halogens is 1. The van der Waals surface area contributed by atoms with Crippen LogP contribution in [0.15, 0.2) is 64.0 Å². The summed E-state index contributed by atoms with van der Waals surface area (Å²) in [4.78, 5) is 37.5. The molecule has 194 valence electrons. The van der Waals surface area contributed by atoms with Crippen molar-refractivity contribution in [2.24, 2.45) is 0 Å². The molecule has 1 aliphatic rings. The zero-order valence-electron chi connectivity index (χ0n) is 20.3. The molecule has 1 N–H and O–H groups in total. The Morgan fingerprint density at radius 3 is 2.55 bits per heavy atom. The van der Waals surface area contributed by atoms with Crippen molar-refractivity contribution in [2.75, 3.05) is 20.8 Å². The van der Waals surface area contributed by atoms with E-state index in [-0.39, 0.29) is 41.1 Å². The minimum atomic E-state index is -0.595. The molecule has 0 radical (unpaired) electrons. The molecule has 1 unspecified atom stereocenters. The highest BCUT2D eigenvalue weighted by Gasteiger charge is 2.34. The second-order valence-corrected chi connectivity index (χ2v) is 8.94. The van der Waals surface area contributed by atoms with Crippen molar-refractivity contribution < 1.29 is 38.1 Å². The molecule has 1 atom stereocenters. The zero-order valence-corrected chi connectivity index (χ0v) is 21.0. The Morgan fingerprint density at radius 2 is 1.84 bits per heavy atom. The number of rotatable bonds is 6. The van der Waals surface area contributed by atoms with Crippen LogP contribution in [0.1, 0.15) is 23.5 Å². The molecule has 4 aromatic rings. The van der Waals surface area contributed by atoms with Crippen LogP contribution < -0.4 is 19.6 Å². The predicted octanol–water partition coefficient (Wildman–Crippen LogP) is 4.82. The summed E-state index contributed by atoms with van der Waals surface area (Å²) in [6.45, 7) is -0.310. The monoisotopic (exact) mass is 536 g/mol. The number of esters is 2. The molecule has 2 heterocycles. The molecule has 9 nitrogen and oxygen atoms in total. The van der Waals surface area contributed by atoms with Gasteiger partial charge >= 0.3 is 11.9 Å². The van der Waals surface area contributed by atoms with Gasteiger partial charge in [0.2, 0.25) is 5.43 Å². The smallest absolute Gasteiger partial charge is 0.343 e. The lowest BCUT2D eigenvalue weighted by molar-refractivity contribution is -0.143. The number of hydrogen-bond acceptors (Lipinski definition) is 9. The van der Waals surface area contributed by atoms with Gasteiger partial charge in [0, 0.05) is 22.6 Å².